The first kappa shape index (κ1) is 21.4. The highest BCUT2D eigenvalue weighted by Gasteiger charge is 2.33. The maximum absolute atomic E-state index is 13.2. The van der Waals surface area contributed by atoms with Crippen LogP contribution in [0.2, 0.25) is 0 Å². The van der Waals surface area contributed by atoms with E-state index in [1.807, 2.05) is 35.2 Å². The average Bonchev–Trinajstić information content (AvgIpc) is 3.18. The number of benzene rings is 1. The van der Waals surface area contributed by atoms with Gasteiger partial charge in [-0.1, -0.05) is 32.0 Å². The largest absolute Gasteiger partial charge is 0.491 e. The summed E-state index contributed by atoms with van der Waals surface area (Å²) >= 11 is 1.74. The van der Waals surface area contributed by atoms with Crippen molar-refractivity contribution in [2.45, 2.75) is 39.7 Å². The maximum Gasteiger partial charge on any atom is 0.242 e. The third-order valence-electron chi connectivity index (χ3n) is 5.31. The summed E-state index contributed by atoms with van der Waals surface area (Å²) < 4.78 is 6.01. The van der Waals surface area contributed by atoms with Gasteiger partial charge >= 0.3 is 0 Å². The van der Waals surface area contributed by atoms with Crippen LogP contribution >= 0.6 is 11.3 Å². The predicted molar refractivity (Wildman–Crippen MR) is 116 cm³/mol. The number of carbonyl (C=O) groups is 2. The lowest BCUT2D eigenvalue weighted by Gasteiger charge is -2.37. The molecule has 0 saturated heterocycles. The van der Waals surface area contributed by atoms with E-state index in [9.17, 15) is 9.59 Å². The smallest absolute Gasteiger partial charge is 0.242 e. The van der Waals surface area contributed by atoms with E-state index in [-0.39, 0.29) is 24.4 Å². The highest BCUT2D eigenvalue weighted by atomic mass is 32.1. The van der Waals surface area contributed by atoms with Crippen molar-refractivity contribution in [3.8, 4) is 5.75 Å². The standard InChI is InChI=1S/C23H30N2O3S/c1-17(2)9-12-24(18(3)26)15-23(27)25-13-10-22-20(11-14-29-22)21(25)16-28-19-7-5-4-6-8-19/h4-8,11,14,17,21H,9-10,12-13,15-16H2,1-3H3/t21-/m1/s1. The number of hydrogen-bond acceptors (Lipinski definition) is 4. The molecular formula is C23H30N2O3S. The molecule has 5 nitrogen and oxygen atoms in total. The van der Waals surface area contributed by atoms with Crippen LogP contribution in [-0.2, 0) is 16.0 Å². The van der Waals surface area contributed by atoms with E-state index in [0.29, 0.717) is 25.6 Å². The lowest BCUT2D eigenvalue weighted by Crippen LogP contribution is -2.47. The fourth-order valence-electron chi connectivity index (χ4n) is 3.58. The van der Waals surface area contributed by atoms with Gasteiger partial charge in [0.15, 0.2) is 0 Å². The molecule has 2 aromatic rings. The molecule has 0 saturated carbocycles. The minimum absolute atomic E-state index is 0.0116. The Kier molecular flexibility index (Phi) is 7.31. The number of thiophene rings is 1. The second kappa shape index (κ2) is 9.92. The SMILES string of the molecule is CC(=O)N(CCC(C)C)CC(=O)N1CCc2sccc2[C@H]1COc1ccccc1. The molecule has 6 heteroatoms. The Hall–Kier alpha value is -2.34. The molecular weight excluding hydrogens is 384 g/mol. The van der Waals surface area contributed by atoms with Crippen LogP contribution in [0.3, 0.4) is 0 Å². The van der Waals surface area contributed by atoms with Crippen LogP contribution in [-0.4, -0.2) is 47.9 Å². The molecule has 1 aliphatic rings. The van der Waals surface area contributed by atoms with Crippen LogP contribution in [0.5, 0.6) is 5.75 Å². The molecule has 0 unspecified atom stereocenters. The number of rotatable bonds is 8. The third-order valence-corrected chi connectivity index (χ3v) is 6.31. The van der Waals surface area contributed by atoms with Gasteiger partial charge < -0.3 is 14.5 Å². The molecule has 2 heterocycles. The van der Waals surface area contributed by atoms with Gasteiger partial charge in [0.2, 0.25) is 11.8 Å². The highest BCUT2D eigenvalue weighted by Crippen LogP contribution is 2.34. The fraction of sp³-hybridized carbons (Fsp3) is 0.478. The number of nitrogens with zero attached hydrogens (tertiary/aromatic N) is 2. The van der Waals surface area contributed by atoms with Crippen LogP contribution in [0.4, 0.5) is 0 Å². The summed E-state index contributed by atoms with van der Waals surface area (Å²) in [6.45, 7) is 7.60. The first-order valence-corrected chi connectivity index (χ1v) is 11.1. The first-order chi connectivity index (χ1) is 14.0. The molecule has 1 atom stereocenters. The van der Waals surface area contributed by atoms with Gasteiger partial charge in [-0.2, -0.15) is 0 Å². The van der Waals surface area contributed by atoms with Gasteiger partial charge in [-0.05, 0) is 47.9 Å². The Balaban J connectivity index is 1.72. The number of carbonyl (C=O) groups excluding carboxylic acids is 2. The van der Waals surface area contributed by atoms with E-state index in [4.69, 9.17) is 4.74 Å². The summed E-state index contributed by atoms with van der Waals surface area (Å²) in [7, 11) is 0. The van der Waals surface area contributed by atoms with Gasteiger partial charge in [-0.15, -0.1) is 11.3 Å². The molecule has 0 radical (unpaired) electrons. The van der Waals surface area contributed by atoms with Crippen molar-refractivity contribution in [1.82, 2.24) is 9.80 Å². The van der Waals surface area contributed by atoms with Crippen molar-refractivity contribution in [1.29, 1.82) is 0 Å². The molecule has 0 fully saturated rings. The van der Waals surface area contributed by atoms with Gasteiger partial charge in [0.1, 0.15) is 12.4 Å². The van der Waals surface area contributed by atoms with Crippen molar-refractivity contribution in [3.05, 3.63) is 52.2 Å². The third kappa shape index (κ3) is 5.60. The molecule has 2 amide bonds. The summed E-state index contributed by atoms with van der Waals surface area (Å²) in [5, 5.41) is 2.08. The number of para-hydroxylation sites is 1. The highest BCUT2D eigenvalue weighted by molar-refractivity contribution is 7.10. The zero-order chi connectivity index (χ0) is 20.8. The first-order valence-electron chi connectivity index (χ1n) is 10.2. The van der Waals surface area contributed by atoms with Gasteiger partial charge in [-0.3, -0.25) is 9.59 Å². The summed E-state index contributed by atoms with van der Waals surface area (Å²) in [6.07, 6.45) is 1.74. The van der Waals surface area contributed by atoms with Crippen molar-refractivity contribution >= 4 is 23.2 Å². The van der Waals surface area contributed by atoms with Crippen molar-refractivity contribution in [2.24, 2.45) is 5.92 Å². The van der Waals surface area contributed by atoms with E-state index in [0.717, 1.165) is 18.6 Å². The molecule has 29 heavy (non-hydrogen) atoms. The quantitative estimate of drug-likeness (QED) is 0.652. The van der Waals surface area contributed by atoms with Gasteiger partial charge in [0.25, 0.3) is 0 Å². The van der Waals surface area contributed by atoms with Crippen LogP contribution in [0.25, 0.3) is 0 Å². The van der Waals surface area contributed by atoms with Gasteiger partial charge in [0.05, 0.1) is 12.6 Å². The number of ether oxygens (including phenoxy) is 1. The zero-order valence-electron chi connectivity index (χ0n) is 17.5. The van der Waals surface area contributed by atoms with E-state index >= 15 is 0 Å². The molecule has 156 valence electrons. The Labute approximate surface area is 177 Å². The minimum Gasteiger partial charge on any atom is -0.491 e. The second-order valence-electron chi connectivity index (χ2n) is 7.90. The summed E-state index contributed by atoms with van der Waals surface area (Å²) in [5.74, 6) is 1.22. The van der Waals surface area contributed by atoms with Crippen molar-refractivity contribution < 1.29 is 14.3 Å². The molecule has 1 aliphatic heterocycles. The zero-order valence-corrected chi connectivity index (χ0v) is 18.3. The monoisotopic (exact) mass is 414 g/mol. The fourth-order valence-corrected chi connectivity index (χ4v) is 4.51. The number of amides is 2. The molecule has 0 bridgehead atoms. The van der Waals surface area contributed by atoms with E-state index in [2.05, 4.69) is 25.3 Å². The lowest BCUT2D eigenvalue weighted by molar-refractivity contribution is -0.142. The molecule has 0 N–H and O–H groups in total. The lowest BCUT2D eigenvalue weighted by atomic mass is 10.0. The average molecular weight is 415 g/mol. The maximum atomic E-state index is 13.2. The normalized spacial score (nSPS) is 15.9. The number of hydrogen-bond donors (Lipinski definition) is 0. The second-order valence-corrected chi connectivity index (χ2v) is 8.90. The minimum atomic E-state index is -0.128. The van der Waals surface area contributed by atoms with E-state index in [1.165, 1.54) is 17.4 Å². The molecule has 1 aromatic heterocycles. The van der Waals surface area contributed by atoms with E-state index < -0.39 is 0 Å². The van der Waals surface area contributed by atoms with Crippen LogP contribution < -0.4 is 4.74 Å². The van der Waals surface area contributed by atoms with E-state index in [1.54, 1.807) is 16.2 Å². The van der Waals surface area contributed by atoms with Gasteiger partial charge in [-0.25, -0.2) is 0 Å². The Bertz CT molecular complexity index is 819. The summed E-state index contributed by atoms with van der Waals surface area (Å²) in [6, 6.07) is 11.6. The Morgan fingerprint density at radius 3 is 2.69 bits per heavy atom. The molecule has 0 spiro atoms. The topological polar surface area (TPSA) is 49.9 Å². The summed E-state index contributed by atoms with van der Waals surface area (Å²) in [4.78, 5) is 30.1. The molecule has 0 aliphatic carbocycles. The van der Waals surface area contributed by atoms with Crippen LogP contribution in [0.1, 0.15) is 43.7 Å². The van der Waals surface area contributed by atoms with Crippen molar-refractivity contribution in [2.75, 3.05) is 26.2 Å². The van der Waals surface area contributed by atoms with Gasteiger partial charge in [0, 0.05) is 24.9 Å². The van der Waals surface area contributed by atoms with Crippen molar-refractivity contribution in [3.63, 3.8) is 0 Å². The number of fused-ring (bicyclic) bond motifs is 1. The Morgan fingerprint density at radius 2 is 2.00 bits per heavy atom. The molecule has 1 aromatic carbocycles. The van der Waals surface area contributed by atoms with Crippen LogP contribution in [0, 0.1) is 5.92 Å². The molecule has 3 rings (SSSR count). The predicted octanol–water partition coefficient (Wildman–Crippen LogP) is 4.15. The summed E-state index contributed by atoms with van der Waals surface area (Å²) in [5.41, 5.74) is 1.17. The van der Waals surface area contributed by atoms with Crippen LogP contribution in [0.15, 0.2) is 41.8 Å². The Morgan fingerprint density at radius 1 is 1.24 bits per heavy atom.